The van der Waals surface area contributed by atoms with E-state index in [1.165, 1.54) is 0 Å². The first kappa shape index (κ1) is 13.5. The van der Waals surface area contributed by atoms with Crippen molar-refractivity contribution in [3.63, 3.8) is 0 Å². The smallest absolute Gasteiger partial charge is 0.223 e. The van der Waals surface area contributed by atoms with Crippen molar-refractivity contribution in [3.8, 4) is 0 Å². The monoisotopic (exact) mass is 226 g/mol. The summed E-state index contributed by atoms with van der Waals surface area (Å²) in [6.07, 6.45) is 4.00. The van der Waals surface area contributed by atoms with Gasteiger partial charge in [0, 0.05) is 18.5 Å². The van der Waals surface area contributed by atoms with E-state index < -0.39 is 0 Å². The summed E-state index contributed by atoms with van der Waals surface area (Å²) in [7, 11) is 0. The van der Waals surface area contributed by atoms with E-state index in [0.717, 1.165) is 32.2 Å². The van der Waals surface area contributed by atoms with Gasteiger partial charge in [0.1, 0.15) is 0 Å². The van der Waals surface area contributed by atoms with Crippen molar-refractivity contribution < 1.29 is 4.79 Å². The summed E-state index contributed by atoms with van der Waals surface area (Å²) in [6, 6.07) is 0.301. The van der Waals surface area contributed by atoms with Crippen molar-refractivity contribution >= 4 is 5.91 Å². The van der Waals surface area contributed by atoms with Crippen LogP contribution in [0, 0.1) is 17.8 Å². The molecule has 0 aliphatic heterocycles. The van der Waals surface area contributed by atoms with Crippen LogP contribution in [-0.4, -0.2) is 18.5 Å². The Kier molecular flexibility index (Phi) is 5.26. The number of hydrogen-bond acceptors (Lipinski definition) is 2. The lowest BCUT2D eigenvalue weighted by molar-refractivity contribution is -0.127. The molecule has 0 bridgehead atoms. The van der Waals surface area contributed by atoms with Crippen molar-refractivity contribution in [1.29, 1.82) is 0 Å². The zero-order valence-electron chi connectivity index (χ0n) is 10.8. The molecule has 3 atom stereocenters. The Bertz CT molecular complexity index is 228. The fourth-order valence-corrected chi connectivity index (χ4v) is 2.44. The highest BCUT2D eigenvalue weighted by molar-refractivity contribution is 5.79. The third kappa shape index (κ3) is 4.12. The van der Waals surface area contributed by atoms with Crippen LogP contribution >= 0.6 is 0 Å². The van der Waals surface area contributed by atoms with Gasteiger partial charge in [-0.1, -0.05) is 20.8 Å². The van der Waals surface area contributed by atoms with Crippen LogP contribution in [-0.2, 0) is 4.79 Å². The SMILES string of the molecule is CC(C)CCNC(=O)C1CCC(N)CC1C. The number of carbonyl (C=O) groups excluding carboxylic acids is 1. The van der Waals surface area contributed by atoms with Crippen molar-refractivity contribution in [2.45, 2.75) is 52.5 Å². The minimum Gasteiger partial charge on any atom is -0.356 e. The average molecular weight is 226 g/mol. The van der Waals surface area contributed by atoms with Gasteiger partial charge in [-0.2, -0.15) is 0 Å². The quantitative estimate of drug-likeness (QED) is 0.769. The van der Waals surface area contributed by atoms with E-state index in [0.29, 0.717) is 17.9 Å². The van der Waals surface area contributed by atoms with Crippen LogP contribution < -0.4 is 11.1 Å². The summed E-state index contributed by atoms with van der Waals surface area (Å²) in [5.41, 5.74) is 5.90. The summed E-state index contributed by atoms with van der Waals surface area (Å²) < 4.78 is 0. The molecule has 0 saturated heterocycles. The van der Waals surface area contributed by atoms with Gasteiger partial charge in [-0.05, 0) is 37.5 Å². The van der Waals surface area contributed by atoms with E-state index in [1.807, 2.05) is 0 Å². The van der Waals surface area contributed by atoms with Crippen molar-refractivity contribution in [2.24, 2.45) is 23.5 Å². The first-order valence-electron chi connectivity index (χ1n) is 6.54. The highest BCUT2D eigenvalue weighted by Gasteiger charge is 2.30. The fourth-order valence-electron chi connectivity index (χ4n) is 2.44. The summed E-state index contributed by atoms with van der Waals surface area (Å²) in [5, 5.41) is 3.05. The first-order chi connectivity index (χ1) is 7.50. The topological polar surface area (TPSA) is 55.1 Å². The molecule has 0 aromatic carbocycles. The third-order valence-corrected chi connectivity index (χ3v) is 3.57. The molecule has 3 nitrogen and oxygen atoms in total. The van der Waals surface area contributed by atoms with E-state index in [-0.39, 0.29) is 11.8 Å². The average Bonchev–Trinajstić information content (AvgIpc) is 2.16. The van der Waals surface area contributed by atoms with Crippen molar-refractivity contribution in [2.75, 3.05) is 6.54 Å². The number of hydrogen-bond donors (Lipinski definition) is 2. The molecule has 3 heteroatoms. The predicted octanol–water partition coefficient (Wildman–Crippen LogP) is 1.91. The minimum atomic E-state index is 0.187. The molecule has 0 aromatic heterocycles. The molecule has 3 unspecified atom stereocenters. The molecule has 3 N–H and O–H groups in total. The first-order valence-corrected chi connectivity index (χ1v) is 6.54. The summed E-state index contributed by atoms with van der Waals surface area (Å²) in [5.74, 6) is 1.51. The highest BCUT2D eigenvalue weighted by Crippen LogP contribution is 2.29. The van der Waals surface area contributed by atoms with Crippen LogP contribution in [0.3, 0.4) is 0 Å². The van der Waals surface area contributed by atoms with E-state index >= 15 is 0 Å². The molecule has 1 rings (SSSR count). The summed E-state index contributed by atoms with van der Waals surface area (Å²) in [6.45, 7) is 7.31. The van der Waals surface area contributed by atoms with Crippen molar-refractivity contribution in [3.05, 3.63) is 0 Å². The molecule has 1 aliphatic carbocycles. The van der Waals surface area contributed by atoms with Crippen LogP contribution in [0.4, 0.5) is 0 Å². The van der Waals surface area contributed by atoms with Gasteiger partial charge < -0.3 is 11.1 Å². The molecule has 0 radical (unpaired) electrons. The molecule has 0 spiro atoms. The van der Waals surface area contributed by atoms with E-state index in [9.17, 15) is 4.79 Å². The Balaban J connectivity index is 2.30. The summed E-state index contributed by atoms with van der Waals surface area (Å²) in [4.78, 5) is 11.9. The van der Waals surface area contributed by atoms with Gasteiger partial charge in [-0.15, -0.1) is 0 Å². The zero-order valence-corrected chi connectivity index (χ0v) is 10.8. The van der Waals surface area contributed by atoms with E-state index in [2.05, 4.69) is 26.1 Å². The Morgan fingerprint density at radius 3 is 2.69 bits per heavy atom. The van der Waals surface area contributed by atoms with Crippen LogP contribution in [0.25, 0.3) is 0 Å². The maximum atomic E-state index is 11.9. The molecule has 94 valence electrons. The molecule has 0 heterocycles. The lowest BCUT2D eigenvalue weighted by Gasteiger charge is -2.31. The second-order valence-electron chi connectivity index (χ2n) is 5.63. The molecule has 1 saturated carbocycles. The highest BCUT2D eigenvalue weighted by atomic mass is 16.1. The minimum absolute atomic E-state index is 0.187. The van der Waals surface area contributed by atoms with Gasteiger partial charge >= 0.3 is 0 Å². The van der Waals surface area contributed by atoms with Gasteiger partial charge in [-0.25, -0.2) is 0 Å². The van der Waals surface area contributed by atoms with E-state index in [1.54, 1.807) is 0 Å². The Labute approximate surface area is 99.2 Å². The number of amides is 1. The number of rotatable bonds is 4. The molecule has 1 fully saturated rings. The van der Waals surface area contributed by atoms with Crippen LogP contribution in [0.5, 0.6) is 0 Å². The van der Waals surface area contributed by atoms with Gasteiger partial charge in [0.15, 0.2) is 0 Å². The van der Waals surface area contributed by atoms with Crippen LogP contribution in [0.1, 0.15) is 46.5 Å². The number of nitrogens with two attached hydrogens (primary N) is 1. The molecule has 0 aromatic rings. The molecular weight excluding hydrogens is 200 g/mol. The fraction of sp³-hybridized carbons (Fsp3) is 0.923. The normalized spacial score (nSPS) is 30.4. The van der Waals surface area contributed by atoms with Gasteiger partial charge in [0.2, 0.25) is 5.91 Å². The Morgan fingerprint density at radius 1 is 1.44 bits per heavy atom. The molecular formula is C13H26N2O. The summed E-state index contributed by atoms with van der Waals surface area (Å²) >= 11 is 0. The third-order valence-electron chi connectivity index (χ3n) is 3.57. The second kappa shape index (κ2) is 6.24. The zero-order chi connectivity index (χ0) is 12.1. The van der Waals surface area contributed by atoms with Crippen molar-refractivity contribution in [1.82, 2.24) is 5.32 Å². The van der Waals surface area contributed by atoms with Gasteiger partial charge in [0.25, 0.3) is 0 Å². The molecule has 1 aliphatic rings. The number of carbonyl (C=O) groups is 1. The Hall–Kier alpha value is -0.570. The lowest BCUT2D eigenvalue weighted by atomic mass is 9.78. The van der Waals surface area contributed by atoms with E-state index in [4.69, 9.17) is 5.73 Å². The maximum Gasteiger partial charge on any atom is 0.223 e. The lowest BCUT2D eigenvalue weighted by Crippen LogP contribution is -2.41. The predicted molar refractivity (Wildman–Crippen MR) is 66.9 cm³/mol. The van der Waals surface area contributed by atoms with Crippen LogP contribution in [0.15, 0.2) is 0 Å². The molecule has 1 amide bonds. The Morgan fingerprint density at radius 2 is 2.12 bits per heavy atom. The standard InChI is InChI=1S/C13H26N2O/c1-9(2)6-7-15-13(16)12-5-4-11(14)8-10(12)3/h9-12H,4-8,14H2,1-3H3,(H,15,16). The number of nitrogens with one attached hydrogen (secondary N) is 1. The second-order valence-corrected chi connectivity index (χ2v) is 5.63. The maximum absolute atomic E-state index is 11.9. The largest absolute Gasteiger partial charge is 0.356 e. The van der Waals surface area contributed by atoms with Gasteiger partial charge in [0.05, 0.1) is 0 Å². The van der Waals surface area contributed by atoms with Gasteiger partial charge in [-0.3, -0.25) is 4.79 Å². The van der Waals surface area contributed by atoms with Crippen LogP contribution in [0.2, 0.25) is 0 Å². The molecule has 16 heavy (non-hydrogen) atoms.